The molecule has 7 heteroatoms. The quantitative estimate of drug-likeness (QED) is 0.447. The lowest BCUT2D eigenvalue weighted by Gasteiger charge is -2.19. The molecule has 7 nitrogen and oxygen atoms in total. The van der Waals surface area contributed by atoms with Crippen LogP contribution in [-0.2, 0) is 13.1 Å². The van der Waals surface area contributed by atoms with Crippen molar-refractivity contribution in [2.45, 2.75) is 26.9 Å². The average molecular weight is 462 g/mol. The number of amides is 2. The van der Waals surface area contributed by atoms with E-state index in [1.807, 2.05) is 62.4 Å². The van der Waals surface area contributed by atoms with Crippen LogP contribution in [0.5, 0.6) is 11.5 Å². The molecule has 0 spiro atoms. The van der Waals surface area contributed by atoms with Crippen LogP contribution in [0.15, 0.2) is 66.7 Å². The number of hydrogen-bond donors (Lipinski definition) is 0. The smallest absolute Gasteiger partial charge is 0.272 e. The molecule has 178 valence electrons. The van der Waals surface area contributed by atoms with Gasteiger partial charge in [0.05, 0.1) is 13.2 Å². The second-order valence-electron chi connectivity index (χ2n) is 7.88. The van der Waals surface area contributed by atoms with Gasteiger partial charge < -0.3 is 19.3 Å². The van der Waals surface area contributed by atoms with Crippen LogP contribution >= 0.6 is 0 Å². The molecule has 0 bridgehead atoms. The molecule has 2 aromatic carbocycles. The zero-order valence-corrected chi connectivity index (χ0v) is 20.2. The van der Waals surface area contributed by atoms with Crippen LogP contribution in [0.1, 0.15) is 46.0 Å². The van der Waals surface area contributed by atoms with E-state index in [9.17, 15) is 9.59 Å². The number of ether oxygens (including phenoxy) is 2. The van der Waals surface area contributed by atoms with Crippen molar-refractivity contribution in [1.29, 1.82) is 0 Å². The van der Waals surface area contributed by atoms with E-state index in [2.05, 4.69) is 4.98 Å². The standard InChI is InChI=1S/C27H31N3O4/c1-5-33-22-14-10-20(11-15-22)18-29(3)26(31)24-8-7-9-25(28-24)27(32)30(4)19-21-12-16-23(17-13-21)34-6-2/h7-17H,5-6,18-19H2,1-4H3. The molecule has 0 fully saturated rings. The molecule has 0 saturated carbocycles. The zero-order valence-electron chi connectivity index (χ0n) is 20.2. The van der Waals surface area contributed by atoms with Crippen LogP contribution in [0.3, 0.4) is 0 Å². The fraction of sp³-hybridized carbons (Fsp3) is 0.296. The van der Waals surface area contributed by atoms with Crippen molar-refractivity contribution < 1.29 is 19.1 Å². The summed E-state index contributed by atoms with van der Waals surface area (Å²) < 4.78 is 10.9. The highest BCUT2D eigenvalue weighted by Gasteiger charge is 2.18. The molecule has 2 amide bonds. The molecular weight excluding hydrogens is 430 g/mol. The summed E-state index contributed by atoms with van der Waals surface area (Å²) in [7, 11) is 3.43. The SMILES string of the molecule is CCOc1ccc(CN(C)C(=O)c2cccc(C(=O)N(C)Cc3ccc(OCC)cc3)n2)cc1. The Balaban J connectivity index is 1.64. The molecule has 1 aromatic heterocycles. The number of aromatic nitrogens is 1. The van der Waals surface area contributed by atoms with E-state index in [1.165, 1.54) is 0 Å². The van der Waals surface area contributed by atoms with Crippen LogP contribution in [0.4, 0.5) is 0 Å². The first kappa shape index (κ1) is 24.8. The second-order valence-corrected chi connectivity index (χ2v) is 7.88. The van der Waals surface area contributed by atoms with Crippen molar-refractivity contribution >= 4 is 11.8 Å². The van der Waals surface area contributed by atoms with Crippen LogP contribution in [0.2, 0.25) is 0 Å². The van der Waals surface area contributed by atoms with Gasteiger partial charge in [0.15, 0.2) is 0 Å². The highest BCUT2D eigenvalue weighted by Crippen LogP contribution is 2.16. The number of rotatable bonds is 10. The Bertz CT molecular complexity index is 1010. The van der Waals surface area contributed by atoms with E-state index in [4.69, 9.17) is 9.47 Å². The Morgan fingerprint density at radius 1 is 0.676 bits per heavy atom. The summed E-state index contributed by atoms with van der Waals surface area (Å²) in [5.74, 6) is 1.08. The highest BCUT2D eigenvalue weighted by molar-refractivity contribution is 5.96. The largest absolute Gasteiger partial charge is 0.494 e. The van der Waals surface area contributed by atoms with E-state index < -0.39 is 0 Å². The lowest BCUT2D eigenvalue weighted by molar-refractivity contribution is 0.0771. The minimum absolute atomic E-state index is 0.230. The maximum atomic E-state index is 12.9. The zero-order chi connectivity index (χ0) is 24.5. The van der Waals surface area contributed by atoms with Crippen molar-refractivity contribution in [2.75, 3.05) is 27.3 Å². The Labute approximate surface area is 200 Å². The van der Waals surface area contributed by atoms with Crippen molar-refractivity contribution in [3.05, 3.63) is 89.2 Å². The first-order chi connectivity index (χ1) is 16.4. The summed E-state index contributed by atoms with van der Waals surface area (Å²) in [5, 5.41) is 0. The molecule has 0 saturated heterocycles. The van der Waals surface area contributed by atoms with E-state index in [1.54, 1.807) is 42.1 Å². The monoisotopic (exact) mass is 461 g/mol. The maximum absolute atomic E-state index is 12.9. The minimum Gasteiger partial charge on any atom is -0.494 e. The predicted molar refractivity (Wildman–Crippen MR) is 131 cm³/mol. The molecule has 0 radical (unpaired) electrons. The third-order valence-corrected chi connectivity index (χ3v) is 5.19. The van der Waals surface area contributed by atoms with E-state index in [0.717, 1.165) is 22.6 Å². The van der Waals surface area contributed by atoms with Gasteiger partial charge in [-0.3, -0.25) is 9.59 Å². The van der Waals surface area contributed by atoms with E-state index in [0.29, 0.717) is 26.3 Å². The third-order valence-electron chi connectivity index (χ3n) is 5.19. The van der Waals surface area contributed by atoms with Gasteiger partial charge in [-0.05, 0) is 61.4 Å². The van der Waals surface area contributed by atoms with Crippen LogP contribution < -0.4 is 9.47 Å². The Morgan fingerprint density at radius 2 is 1.06 bits per heavy atom. The molecule has 0 aliphatic carbocycles. The molecule has 0 atom stereocenters. The number of nitrogens with zero attached hydrogens (tertiary/aromatic N) is 3. The molecule has 34 heavy (non-hydrogen) atoms. The molecule has 3 rings (SSSR count). The summed E-state index contributed by atoms with van der Waals surface area (Å²) in [5.41, 5.74) is 2.41. The van der Waals surface area contributed by atoms with Crippen molar-refractivity contribution in [2.24, 2.45) is 0 Å². The van der Waals surface area contributed by atoms with E-state index >= 15 is 0 Å². The van der Waals surface area contributed by atoms with Gasteiger partial charge in [-0.2, -0.15) is 0 Å². The topological polar surface area (TPSA) is 72.0 Å². The lowest BCUT2D eigenvalue weighted by Crippen LogP contribution is -2.30. The number of hydrogen-bond acceptors (Lipinski definition) is 5. The summed E-state index contributed by atoms with van der Waals surface area (Å²) in [6, 6.07) is 20.2. The number of benzene rings is 2. The summed E-state index contributed by atoms with van der Waals surface area (Å²) in [4.78, 5) is 33.4. The van der Waals surface area contributed by atoms with Gasteiger partial charge in [0.1, 0.15) is 22.9 Å². The highest BCUT2D eigenvalue weighted by atomic mass is 16.5. The Hall–Kier alpha value is -3.87. The molecule has 0 N–H and O–H groups in total. The molecule has 0 aliphatic rings. The third kappa shape index (κ3) is 6.57. The molecule has 0 aliphatic heterocycles. The van der Waals surface area contributed by atoms with Crippen molar-refractivity contribution in [1.82, 2.24) is 14.8 Å². The van der Waals surface area contributed by atoms with Crippen LogP contribution in [0, 0.1) is 0 Å². The molecule has 1 heterocycles. The Morgan fingerprint density at radius 3 is 1.41 bits per heavy atom. The molecule has 3 aromatic rings. The maximum Gasteiger partial charge on any atom is 0.272 e. The fourth-order valence-electron chi connectivity index (χ4n) is 3.47. The summed E-state index contributed by atoms with van der Waals surface area (Å²) >= 11 is 0. The van der Waals surface area contributed by atoms with E-state index in [-0.39, 0.29) is 23.2 Å². The van der Waals surface area contributed by atoms with Gasteiger partial charge in [0, 0.05) is 27.2 Å². The minimum atomic E-state index is -0.252. The lowest BCUT2D eigenvalue weighted by atomic mass is 10.2. The normalized spacial score (nSPS) is 10.5. The van der Waals surface area contributed by atoms with Crippen molar-refractivity contribution in [3.63, 3.8) is 0 Å². The summed E-state index contributed by atoms with van der Waals surface area (Å²) in [6.07, 6.45) is 0. The number of carbonyl (C=O) groups is 2. The first-order valence-corrected chi connectivity index (χ1v) is 11.3. The number of carbonyl (C=O) groups excluding carboxylic acids is 2. The molecule has 0 unspecified atom stereocenters. The van der Waals surface area contributed by atoms with Gasteiger partial charge >= 0.3 is 0 Å². The van der Waals surface area contributed by atoms with Gasteiger partial charge in [-0.1, -0.05) is 30.3 Å². The number of pyridine rings is 1. The van der Waals surface area contributed by atoms with Gasteiger partial charge in [-0.25, -0.2) is 4.98 Å². The second kappa shape index (κ2) is 11.8. The van der Waals surface area contributed by atoms with Gasteiger partial charge in [0.2, 0.25) is 0 Å². The average Bonchev–Trinajstić information content (AvgIpc) is 2.86. The van der Waals surface area contributed by atoms with Gasteiger partial charge in [-0.15, -0.1) is 0 Å². The van der Waals surface area contributed by atoms with Crippen LogP contribution in [-0.4, -0.2) is 53.9 Å². The van der Waals surface area contributed by atoms with Crippen molar-refractivity contribution in [3.8, 4) is 11.5 Å². The fourth-order valence-corrected chi connectivity index (χ4v) is 3.47. The summed E-state index contributed by atoms with van der Waals surface area (Å²) in [6.45, 7) is 5.92. The van der Waals surface area contributed by atoms with Crippen LogP contribution in [0.25, 0.3) is 0 Å². The predicted octanol–water partition coefficient (Wildman–Crippen LogP) is 4.42. The molecular formula is C27H31N3O4. The van der Waals surface area contributed by atoms with Gasteiger partial charge in [0.25, 0.3) is 11.8 Å². The Kier molecular flexibility index (Phi) is 8.62. The first-order valence-electron chi connectivity index (χ1n) is 11.3.